The predicted octanol–water partition coefficient (Wildman–Crippen LogP) is 1.95. The minimum absolute atomic E-state index is 0.184. The molecule has 16 heavy (non-hydrogen) atoms. The lowest BCUT2D eigenvalue weighted by molar-refractivity contribution is 0.0665. The molecule has 0 aliphatic rings. The Labute approximate surface area is 90.2 Å². The lowest BCUT2D eigenvalue weighted by Gasteiger charge is -2.02. The van der Waals surface area contributed by atoms with Gasteiger partial charge in [-0.3, -0.25) is 4.79 Å². The highest BCUT2D eigenvalue weighted by atomic mass is 16.5. The first kappa shape index (κ1) is 10.2. The number of benzene rings is 1. The summed E-state index contributed by atoms with van der Waals surface area (Å²) in [6, 6.07) is 4.39. The van der Waals surface area contributed by atoms with Crippen LogP contribution in [-0.4, -0.2) is 24.5 Å². The number of ether oxygens (including phenoxy) is 1. The lowest BCUT2D eigenvalue weighted by Crippen LogP contribution is -1.91. The standard InChI is InChI=1S/C11H8O5/c1-15-10-6(5-12)2-3-8-7(10)4-9(16-8)11(13)14/h2-5H,1H3,(H,13,14). The van der Waals surface area contributed by atoms with Gasteiger partial charge in [0.2, 0.25) is 5.76 Å². The molecule has 1 aromatic heterocycles. The van der Waals surface area contributed by atoms with E-state index in [0.717, 1.165) is 0 Å². The summed E-state index contributed by atoms with van der Waals surface area (Å²) in [5, 5.41) is 9.25. The van der Waals surface area contributed by atoms with Crippen molar-refractivity contribution in [1.29, 1.82) is 0 Å². The van der Waals surface area contributed by atoms with Gasteiger partial charge in [0.25, 0.3) is 0 Å². The lowest BCUT2D eigenvalue weighted by atomic mass is 10.1. The molecule has 0 aliphatic heterocycles. The fourth-order valence-corrected chi connectivity index (χ4v) is 1.53. The Hall–Kier alpha value is -2.30. The average Bonchev–Trinajstić information content (AvgIpc) is 2.71. The molecule has 5 heteroatoms. The van der Waals surface area contributed by atoms with E-state index < -0.39 is 5.97 Å². The van der Waals surface area contributed by atoms with Gasteiger partial charge in [0.15, 0.2) is 6.29 Å². The number of hydrogen-bond donors (Lipinski definition) is 1. The summed E-state index contributed by atoms with van der Waals surface area (Å²) in [5.74, 6) is -1.02. The van der Waals surface area contributed by atoms with E-state index in [2.05, 4.69) is 0 Å². The van der Waals surface area contributed by atoms with Gasteiger partial charge in [0.05, 0.1) is 18.1 Å². The van der Waals surface area contributed by atoms with Crippen LogP contribution in [0.3, 0.4) is 0 Å². The number of carbonyl (C=O) groups is 2. The first-order valence-corrected chi connectivity index (χ1v) is 4.46. The number of carboxylic acid groups (broad SMARTS) is 1. The van der Waals surface area contributed by atoms with E-state index in [-0.39, 0.29) is 5.76 Å². The van der Waals surface area contributed by atoms with Crippen molar-refractivity contribution in [2.45, 2.75) is 0 Å². The van der Waals surface area contributed by atoms with Crippen LogP contribution >= 0.6 is 0 Å². The second kappa shape index (κ2) is 3.69. The maximum absolute atomic E-state index is 10.7. The molecule has 0 saturated carbocycles. The van der Waals surface area contributed by atoms with E-state index in [1.807, 2.05) is 0 Å². The van der Waals surface area contributed by atoms with Crippen LogP contribution < -0.4 is 4.74 Å². The van der Waals surface area contributed by atoms with Crippen molar-refractivity contribution in [3.8, 4) is 5.75 Å². The molecule has 82 valence electrons. The zero-order valence-corrected chi connectivity index (χ0v) is 8.39. The normalized spacial score (nSPS) is 10.3. The number of aldehydes is 1. The van der Waals surface area contributed by atoms with Crippen molar-refractivity contribution in [3.05, 3.63) is 29.5 Å². The molecule has 1 N–H and O–H groups in total. The molecule has 0 bridgehead atoms. The van der Waals surface area contributed by atoms with E-state index in [0.29, 0.717) is 28.6 Å². The SMILES string of the molecule is COc1c(C=O)ccc2oc(C(=O)O)cc12. The maximum atomic E-state index is 10.7. The summed E-state index contributed by atoms with van der Waals surface area (Å²) >= 11 is 0. The highest BCUT2D eigenvalue weighted by molar-refractivity contribution is 5.98. The molecule has 5 nitrogen and oxygen atoms in total. The van der Waals surface area contributed by atoms with Crippen molar-refractivity contribution < 1.29 is 23.8 Å². The zero-order valence-electron chi connectivity index (χ0n) is 8.39. The molecule has 0 fully saturated rings. The smallest absolute Gasteiger partial charge is 0.371 e. The number of furan rings is 1. The van der Waals surface area contributed by atoms with Crippen LogP contribution in [0, 0.1) is 0 Å². The van der Waals surface area contributed by atoms with Crippen molar-refractivity contribution in [2.24, 2.45) is 0 Å². The monoisotopic (exact) mass is 220 g/mol. The van der Waals surface area contributed by atoms with Crippen molar-refractivity contribution in [1.82, 2.24) is 0 Å². The molecular formula is C11H8O5. The van der Waals surface area contributed by atoms with Crippen LogP contribution in [0.5, 0.6) is 5.75 Å². The van der Waals surface area contributed by atoms with Gasteiger partial charge in [-0.05, 0) is 12.1 Å². The largest absolute Gasteiger partial charge is 0.495 e. The predicted molar refractivity (Wildman–Crippen MR) is 55.1 cm³/mol. The van der Waals surface area contributed by atoms with E-state index in [1.54, 1.807) is 0 Å². The van der Waals surface area contributed by atoms with E-state index in [1.165, 1.54) is 25.3 Å². The highest BCUT2D eigenvalue weighted by Gasteiger charge is 2.15. The fraction of sp³-hybridized carbons (Fsp3) is 0.0909. The van der Waals surface area contributed by atoms with Gasteiger partial charge in [-0.25, -0.2) is 4.79 Å². The van der Waals surface area contributed by atoms with Gasteiger partial charge in [0.1, 0.15) is 11.3 Å². The molecule has 0 amide bonds. The zero-order chi connectivity index (χ0) is 11.7. The molecular weight excluding hydrogens is 212 g/mol. The van der Waals surface area contributed by atoms with Crippen molar-refractivity contribution in [2.75, 3.05) is 7.11 Å². The molecule has 1 heterocycles. The number of fused-ring (bicyclic) bond motifs is 1. The summed E-state index contributed by atoms with van der Waals surface area (Å²) < 4.78 is 10.1. The van der Waals surface area contributed by atoms with Crippen LogP contribution in [0.25, 0.3) is 11.0 Å². The molecule has 1 aromatic carbocycles. The van der Waals surface area contributed by atoms with Gasteiger partial charge >= 0.3 is 5.97 Å². The summed E-state index contributed by atoms with van der Waals surface area (Å²) in [6.45, 7) is 0. The van der Waals surface area contributed by atoms with E-state index in [9.17, 15) is 9.59 Å². The molecule has 0 spiro atoms. The Kier molecular flexibility index (Phi) is 2.36. The summed E-state index contributed by atoms with van der Waals surface area (Å²) in [7, 11) is 1.41. The van der Waals surface area contributed by atoms with Gasteiger partial charge < -0.3 is 14.3 Å². The highest BCUT2D eigenvalue weighted by Crippen LogP contribution is 2.31. The first-order valence-electron chi connectivity index (χ1n) is 4.46. The number of methoxy groups -OCH3 is 1. The van der Waals surface area contributed by atoms with Crippen LogP contribution in [0.2, 0.25) is 0 Å². The van der Waals surface area contributed by atoms with Crippen LogP contribution in [0.15, 0.2) is 22.6 Å². The van der Waals surface area contributed by atoms with Crippen molar-refractivity contribution >= 4 is 23.2 Å². The molecule has 0 radical (unpaired) electrons. The number of aromatic carboxylic acids is 1. The van der Waals surface area contributed by atoms with E-state index >= 15 is 0 Å². The average molecular weight is 220 g/mol. The molecule has 2 aromatic rings. The van der Waals surface area contributed by atoms with Gasteiger partial charge in [-0.1, -0.05) is 0 Å². The second-order valence-corrected chi connectivity index (χ2v) is 3.13. The fourth-order valence-electron chi connectivity index (χ4n) is 1.53. The third kappa shape index (κ3) is 1.42. The minimum Gasteiger partial charge on any atom is -0.495 e. The third-order valence-electron chi connectivity index (χ3n) is 2.22. The topological polar surface area (TPSA) is 76.7 Å². The van der Waals surface area contributed by atoms with Gasteiger partial charge in [-0.2, -0.15) is 0 Å². The van der Waals surface area contributed by atoms with Gasteiger partial charge in [0, 0.05) is 6.07 Å². The van der Waals surface area contributed by atoms with E-state index in [4.69, 9.17) is 14.3 Å². The number of carboxylic acids is 1. The Morgan fingerprint density at radius 2 is 2.25 bits per heavy atom. The summed E-state index contributed by atoms with van der Waals surface area (Å²) in [5.41, 5.74) is 0.729. The number of hydrogen-bond acceptors (Lipinski definition) is 4. The third-order valence-corrected chi connectivity index (χ3v) is 2.22. The Balaban J connectivity index is 2.76. The molecule has 2 rings (SSSR count). The van der Waals surface area contributed by atoms with Gasteiger partial charge in [-0.15, -0.1) is 0 Å². The molecule has 0 atom stereocenters. The Morgan fingerprint density at radius 1 is 1.50 bits per heavy atom. The number of rotatable bonds is 3. The second-order valence-electron chi connectivity index (χ2n) is 3.13. The van der Waals surface area contributed by atoms with Crippen LogP contribution in [-0.2, 0) is 0 Å². The molecule has 0 unspecified atom stereocenters. The Morgan fingerprint density at radius 3 is 2.81 bits per heavy atom. The number of carbonyl (C=O) groups excluding carboxylic acids is 1. The van der Waals surface area contributed by atoms with Crippen LogP contribution in [0.1, 0.15) is 20.9 Å². The minimum atomic E-state index is -1.16. The van der Waals surface area contributed by atoms with Crippen LogP contribution in [0.4, 0.5) is 0 Å². The molecule has 0 saturated heterocycles. The Bertz CT molecular complexity index is 567. The first-order chi connectivity index (χ1) is 7.67. The molecule has 0 aliphatic carbocycles. The summed E-state index contributed by atoms with van der Waals surface area (Å²) in [4.78, 5) is 21.5. The summed E-state index contributed by atoms with van der Waals surface area (Å²) in [6.07, 6.45) is 0.645. The van der Waals surface area contributed by atoms with Crippen molar-refractivity contribution in [3.63, 3.8) is 0 Å². The maximum Gasteiger partial charge on any atom is 0.371 e. The quantitative estimate of drug-likeness (QED) is 0.800.